The van der Waals surface area contributed by atoms with Crippen LogP contribution in [0.1, 0.15) is 32.6 Å². The Morgan fingerprint density at radius 3 is 1.19 bits per heavy atom. The fraction of sp³-hybridized carbons (Fsp3) is 0.286. The van der Waals surface area contributed by atoms with Crippen molar-refractivity contribution in [1.29, 1.82) is 0 Å². The zero-order valence-corrected chi connectivity index (χ0v) is 26.5. The molecule has 0 aliphatic heterocycles. The molecule has 0 aliphatic rings. The van der Waals surface area contributed by atoms with E-state index < -0.39 is 8.80 Å². The summed E-state index contributed by atoms with van der Waals surface area (Å²) in [5, 5.41) is 0. The third-order valence-electron chi connectivity index (χ3n) is 5.71. The van der Waals surface area contributed by atoms with Gasteiger partial charge in [0, 0.05) is 63.7 Å². The Morgan fingerprint density at radius 1 is 0.459 bits per heavy atom. The first-order valence-corrected chi connectivity index (χ1v) is 18.3. The molecule has 0 unspecified atom stereocenters. The lowest BCUT2D eigenvalue weighted by atomic mass is 10.3. The van der Waals surface area contributed by atoms with Gasteiger partial charge in [-0.15, -0.1) is 56.7 Å². The van der Waals surface area contributed by atoms with E-state index in [1.165, 1.54) is 43.9 Å². The highest BCUT2D eigenvalue weighted by atomic mass is 32.1. The van der Waals surface area contributed by atoms with Crippen LogP contribution in [0.25, 0.3) is 39.0 Å². The lowest BCUT2D eigenvalue weighted by Gasteiger charge is -2.27. The van der Waals surface area contributed by atoms with Crippen LogP contribution in [0.5, 0.6) is 0 Å². The molecule has 0 saturated carbocycles. The minimum Gasteiger partial charge on any atom is -0.370 e. The first kappa shape index (κ1) is 27.2. The van der Waals surface area contributed by atoms with Crippen LogP contribution in [-0.2, 0) is 19.7 Å². The molecule has 194 valence electrons. The van der Waals surface area contributed by atoms with Crippen molar-refractivity contribution in [1.82, 2.24) is 0 Å². The molecule has 0 atom stereocenters. The Balaban J connectivity index is 1.35. The Morgan fingerprint density at radius 2 is 0.811 bits per heavy atom. The summed E-state index contributed by atoms with van der Waals surface area (Å²) in [5.74, 6) is 0. The molecule has 0 spiro atoms. The highest BCUT2D eigenvalue weighted by Crippen LogP contribution is 2.44. The highest BCUT2D eigenvalue weighted by molar-refractivity contribution is 7.31. The summed E-state index contributed by atoms with van der Waals surface area (Å²) >= 11 is 9.23. The van der Waals surface area contributed by atoms with Gasteiger partial charge in [0.1, 0.15) is 0 Å². The van der Waals surface area contributed by atoms with Crippen LogP contribution in [0.3, 0.4) is 0 Å². The lowest BCUT2D eigenvalue weighted by molar-refractivity contribution is 0.0866. The number of hydrogen-bond donors (Lipinski definition) is 0. The third-order valence-corrected chi connectivity index (χ3v) is 15.7. The maximum atomic E-state index is 6.11. The van der Waals surface area contributed by atoms with Crippen molar-refractivity contribution in [3.63, 3.8) is 0 Å². The van der Waals surface area contributed by atoms with Gasteiger partial charge in [0.15, 0.2) is 0 Å². The predicted octanol–water partition coefficient (Wildman–Crippen LogP) is 9.48. The molecule has 0 aromatic carbocycles. The molecule has 0 radical (unpaired) electrons. The van der Waals surface area contributed by atoms with Crippen LogP contribution >= 0.6 is 56.7 Å². The second kappa shape index (κ2) is 12.2. The van der Waals surface area contributed by atoms with E-state index in [0.717, 1.165) is 10.9 Å². The van der Waals surface area contributed by atoms with Gasteiger partial charge in [-0.05, 0) is 87.9 Å². The van der Waals surface area contributed by atoms with Crippen molar-refractivity contribution in [3.8, 4) is 39.0 Å². The summed E-state index contributed by atoms with van der Waals surface area (Å²) in [6.45, 7) is 9.92. The third kappa shape index (κ3) is 5.80. The SMILES string of the molecule is CCO[Si](OCC)(OCC)c1ccc(-c2ccc(-c3ccc(-c4ccc(-c5ccc(CC)s5)s4)s3)s2)s1. The Hall–Kier alpha value is -1.40. The first-order chi connectivity index (χ1) is 18.1. The topological polar surface area (TPSA) is 27.7 Å². The molecule has 5 rings (SSSR count). The smallest absolute Gasteiger partial charge is 0.370 e. The summed E-state index contributed by atoms with van der Waals surface area (Å²) in [4.78, 5) is 11.9. The van der Waals surface area contributed by atoms with E-state index >= 15 is 0 Å². The van der Waals surface area contributed by atoms with Gasteiger partial charge < -0.3 is 13.3 Å². The van der Waals surface area contributed by atoms with Gasteiger partial charge in [-0.25, -0.2) is 0 Å². The number of rotatable bonds is 12. The van der Waals surface area contributed by atoms with E-state index in [0.29, 0.717) is 19.8 Å². The minimum atomic E-state index is -2.87. The largest absolute Gasteiger partial charge is 0.547 e. The zero-order chi connectivity index (χ0) is 25.8. The van der Waals surface area contributed by atoms with E-state index in [1.807, 2.05) is 66.1 Å². The van der Waals surface area contributed by atoms with Crippen molar-refractivity contribution in [2.24, 2.45) is 0 Å². The van der Waals surface area contributed by atoms with Crippen LogP contribution in [0, 0.1) is 0 Å². The summed E-state index contributed by atoms with van der Waals surface area (Å²) in [6, 6.07) is 22.3. The van der Waals surface area contributed by atoms with Crippen LogP contribution in [-0.4, -0.2) is 28.6 Å². The fourth-order valence-electron chi connectivity index (χ4n) is 4.05. The normalized spacial score (nSPS) is 12.0. The molecular formula is C28H30O3S5Si. The lowest BCUT2D eigenvalue weighted by Crippen LogP contribution is -2.55. The van der Waals surface area contributed by atoms with Crippen LogP contribution in [0.4, 0.5) is 0 Å². The van der Waals surface area contributed by atoms with Crippen molar-refractivity contribution < 1.29 is 13.3 Å². The average Bonchev–Trinajstić information content (AvgIpc) is 3.73. The van der Waals surface area contributed by atoms with Gasteiger partial charge in [-0.3, -0.25) is 0 Å². The van der Waals surface area contributed by atoms with Crippen LogP contribution in [0.15, 0.2) is 60.7 Å². The Labute approximate surface area is 240 Å². The first-order valence-electron chi connectivity index (χ1n) is 12.5. The Kier molecular flexibility index (Phi) is 8.95. The fourth-order valence-corrected chi connectivity index (χ4v) is 12.6. The van der Waals surface area contributed by atoms with Crippen molar-refractivity contribution in [3.05, 3.63) is 65.5 Å². The second-order valence-corrected chi connectivity index (χ2v) is 16.5. The van der Waals surface area contributed by atoms with E-state index in [4.69, 9.17) is 13.3 Å². The maximum Gasteiger partial charge on any atom is 0.547 e. The molecule has 5 aromatic heterocycles. The number of hydrogen-bond acceptors (Lipinski definition) is 8. The van der Waals surface area contributed by atoms with Crippen molar-refractivity contribution in [2.75, 3.05) is 19.8 Å². The van der Waals surface area contributed by atoms with Gasteiger partial charge in [0.05, 0.1) is 4.50 Å². The Bertz CT molecular complexity index is 1420. The zero-order valence-electron chi connectivity index (χ0n) is 21.4. The van der Waals surface area contributed by atoms with E-state index in [-0.39, 0.29) is 0 Å². The summed E-state index contributed by atoms with van der Waals surface area (Å²) in [5.41, 5.74) is 0. The molecule has 0 saturated heterocycles. The summed E-state index contributed by atoms with van der Waals surface area (Å²) in [6.07, 6.45) is 1.10. The maximum absolute atomic E-state index is 6.11. The predicted molar refractivity (Wildman–Crippen MR) is 167 cm³/mol. The molecule has 5 heterocycles. The van der Waals surface area contributed by atoms with E-state index in [9.17, 15) is 0 Å². The quantitative estimate of drug-likeness (QED) is 0.133. The molecule has 0 bridgehead atoms. The number of aryl methyl sites for hydroxylation is 1. The molecule has 0 amide bonds. The molecule has 0 aliphatic carbocycles. The second-order valence-electron chi connectivity index (χ2n) is 8.13. The van der Waals surface area contributed by atoms with Crippen molar-refractivity contribution in [2.45, 2.75) is 34.1 Å². The average molecular weight is 603 g/mol. The van der Waals surface area contributed by atoms with Gasteiger partial charge in [-0.1, -0.05) is 6.92 Å². The number of thiophene rings is 5. The summed E-state index contributed by atoms with van der Waals surface area (Å²) in [7, 11) is -2.87. The van der Waals surface area contributed by atoms with Gasteiger partial charge in [0.25, 0.3) is 0 Å². The molecular weight excluding hydrogens is 573 g/mol. The molecule has 37 heavy (non-hydrogen) atoms. The summed E-state index contributed by atoms with van der Waals surface area (Å²) < 4.78 is 19.4. The van der Waals surface area contributed by atoms with Gasteiger partial charge in [0.2, 0.25) is 0 Å². The van der Waals surface area contributed by atoms with Gasteiger partial charge >= 0.3 is 8.80 Å². The standard InChI is InChI=1S/C28H30O3S5Si/c1-5-19-9-10-20(32-19)21-11-12-22(33-21)23-13-14-24(34-23)25-15-16-26(35-25)27-17-18-28(36-27)37(29-6-2,30-7-3)31-8-4/h9-18H,5-8H2,1-4H3. The molecule has 0 fully saturated rings. The highest BCUT2D eigenvalue weighted by Gasteiger charge is 2.44. The molecule has 0 N–H and O–H groups in total. The van der Waals surface area contributed by atoms with Gasteiger partial charge in [-0.2, -0.15) is 0 Å². The minimum absolute atomic E-state index is 0.572. The molecule has 9 heteroatoms. The molecule has 3 nitrogen and oxygen atoms in total. The van der Waals surface area contributed by atoms with Crippen molar-refractivity contribution >= 4 is 70.0 Å². The molecule has 5 aromatic rings. The monoisotopic (exact) mass is 602 g/mol. The van der Waals surface area contributed by atoms with Crippen LogP contribution in [0.2, 0.25) is 0 Å². The van der Waals surface area contributed by atoms with Crippen LogP contribution < -0.4 is 4.50 Å². The van der Waals surface area contributed by atoms with E-state index in [2.05, 4.69) is 67.6 Å². The van der Waals surface area contributed by atoms with E-state index in [1.54, 1.807) is 11.3 Å².